The molecule has 0 spiro atoms. The molecule has 0 saturated heterocycles. The zero-order valence-corrected chi connectivity index (χ0v) is 13.3. The van der Waals surface area contributed by atoms with Crippen molar-refractivity contribution in [1.29, 1.82) is 0 Å². The molecule has 124 valence electrons. The van der Waals surface area contributed by atoms with Crippen LogP contribution < -0.4 is 21.2 Å². The minimum atomic E-state index is -0.546. The van der Waals surface area contributed by atoms with Crippen LogP contribution in [0, 0.1) is 0 Å². The largest absolute Gasteiger partial charge is 0.484 e. The summed E-state index contributed by atoms with van der Waals surface area (Å²) in [4.78, 5) is 22.3. The number of carbonyl (C=O) groups is 2. The summed E-state index contributed by atoms with van der Waals surface area (Å²) in [6, 6.07) is 13.0. The van der Waals surface area contributed by atoms with E-state index in [2.05, 4.69) is 15.8 Å². The topological polar surface area (TPSA) is 106 Å². The van der Waals surface area contributed by atoms with E-state index in [4.69, 9.17) is 22.1 Å². The number of nitrogens with one attached hydrogen (secondary N) is 2. The van der Waals surface area contributed by atoms with Crippen molar-refractivity contribution in [2.75, 3.05) is 11.9 Å². The van der Waals surface area contributed by atoms with E-state index in [-0.39, 0.29) is 6.61 Å². The minimum absolute atomic E-state index is 0.182. The first-order valence-corrected chi connectivity index (χ1v) is 7.27. The van der Waals surface area contributed by atoms with Crippen LogP contribution in [0.5, 0.6) is 5.75 Å². The number of ether oxygens (including phenoxy) is 1. The van der Waals surface area contributed by atoms with E-state index < -0.39 is 11.9 Å². The Hall–Kier alpha value is -3.06. The van der Waals surface area contributed by atoms with Crippen LogP contribution in [0.3, 0.4) is 0 Å². The van der Waals surface area contributed by atoms with Crippen LogP contribution in [-0.2, 0) is 4.79 Å². The van der Waals surface area contributed by atoms with Crippen LogP contribution in [-0.4, -0.2) is 24.8 Å². The van der Waals surface area contributed by atoms with Gasteiger partial charge in [0.05, 0.1) is 6.21 Å². The van der Waals surface area contributed by atoms with Crippen molar-refractivity contribution in [3.05, 3.63) is 59.1 Å². The minimum Gasteiger partial charge on any atom is -0.484 e. The molecule has 0 fully saturated rings. The van der Waals surface area contributed by atoms with Crippen molar-refractivity contribution in [3.63, 3.8) is 0 Å². The molecule has 3 amide bonds. The van der Waals surface area contributed by atoms with Crippen LogP contribution in [0.15, 0.2) is 53.6 Å². The molecule has 0 unspecified atom stereocenters. The molecule has 0 aliphatic heterocycles. The van der Waals surface area contributed by atoms with Gasteiger partial charge in [0, 0.05) is 10.7 Å². The molecule has 7 nitrogen and oxygen atoms in total. The molecule has 0 radical (unpaired) electrons. The smallest absolute Gasteiger partial charge is 0.339 e. The molecule has 0 heterocycles. The summed E-state index contributed by atoms with van der Waals surface area (Å²) in [5.74, 6) is -0.0341. The third kappa shape index (κ3) is 5.98. The molecule has 2 aromatic carbocycles. The Bertz CT molecular complexity index is 747. The van der Waals surface area contributed by atoms with Gasteiger partial charge in [-0.15, -0.1) is 0 Å². The molecule has 0 atom stereocenters. The summed E-state index contributed by atoms with van der Waals surface area (Å²) in [6.45, 7) is -0.182. The van der Waals surface area contributed by atoms with Gasteiger partial charge in [-0.3, -0.25) is 4.79 Å². The third-order valence-electron chi connectivity index (χ3n) is 2.72. The first-order chi connectivity index (χ1) is 11.5. The van der Waals surface area contributed by atoms with Crippen LogP contribution in [0.2, 0.25) is 5.02 Å². The fraction of sp³-hybridized carbons (Fsp3) is 0.0625. The van der Waals surface area contributed by atoms with Gasteiger partial charge in [0.25, 0.3) is 5.91 Å². The molecule has 2 aromatic rings. The summed E-state index contributed by atoms with van der Waals surface area (Å²) in [6.07, 6.45) is 1.47. The Balaban J connectivity index is 1.82. The van der Waals surface area contributed by atoms with Crippen LogP contribution >= 0.6 is 11.6 Å². The number of hydrazone groups is 1. The number of nitrogens with two attached hydrogens (primary N) is 1. The number of hydrogen-bond donors (Lipinski definition) is 3. The molecule has 4 N–H and O–H groups in total. The monoisotopic (exact) mass is 346 g/mol. The summed E-state index contributed by atoms with van der Waals surface area (Å²) in [5, 5.41) is 6.95. The lowest BCUT2D eigenvalue weighted by Gasteiger charge is -2.04. The number of carbonyl (C=O) groups excluding carboxylic acids is 2. The average molecular weight is 347 g/mol. The third-order valence-corrected chi connectivity index (χ3v) is 2.96. The average Bonchev–Trinajstić information content (AvgIpc) is 2.54. The Morgan fingerprint density at radius 3 is 2.62 bits per heavy atom. The van der Waals surface area contributed by atoms with Gasteiger partial charge in [0.1, 0.15) is 5.75 Å². The highest BCUT2D eigenvalue weighted by molar-refractivity contribution is 6.30. The van der Waals surface area contributed by atoms with Crippen LogP contribution in [0.25, 0.3) is 0 Å². The summed E-state index contributed by atoms with van der Waals surface area (Å²) >= 11 is 5.83. The Labute approximate surface area is 143 Å². The van der Waals surface area contributed by atoms with E-state index in [9.17, 15) is 9.59 Å². The second-order valence-corrected chi connectivity index (χ2v) is 5.09. The predicted octanol–water partition coefficient (Wildman–Crippen LogP) is 2.36. The fourth-order valence-electron chi connectivity index (χ4n) is 1.70. The number of hydrogen-bond acceptors (Lipinski definition) is 4. The van der Waals surface area contributed by atoms with E-state index in [0.29, 0.717) is 16.5 Å². The van der Waals surface area contributed by atoms with Gasteiger partial charge in [0.15, 0.2) is 6.61 Å². The number of amides is 3. The highest BCUT2D eigenvalue weighted by atomic mass is 35.5. The Morgan fingerprint density at radius 1 is 1.21 bits per heavy atom. The number of benzene rings is 2. The zero-order valence-electron chi connectivity index (χ0n) is 12.5. The van der Waals surface area contributed by atoms with Crippen molar-refractivity contribution >= 4 is 35.4 Å². The fourth-order valence-corrected chi connectivity index (χ4v) is 1.89. The number of anilines is 1. The molecule has 0 saturated carbocycles. The van der Waals surface area contributed by atoms with Gasteiger partial charge in [-0.25, -0.2) is 10.2 Å². The molecule has 0 aromatic heterocycles. The lowest BCUT2D eigenvalue weighted by molar-refractivity contribution is -0.119. The Kier molecular flexibility index (Phi) is 6.16. The molecular formula is C16H15ClN4O3. The van der Waals surface area contributed by atoms with Crippen LogP contribution in [0.4, 0.5) is 10.5 Å². The molecular weight excluding hydrogens is 332 g/mol. The van der Waals surface area contributed by atoms with Gasteiger partial charge >= 0.3 is 6.03 Å². The second-order valence-electron chi connectivity index (χ2n) is 4.66. The number of rotatable bonds is 6. The van der Waals surface area contributed by atoms with Crippen molar-refractivity contribution in [3.8, 4) is 5.75 Å². The summed E-state index contributed by atoms with van der Waals surface area (Å²) < 4.78 is 5.13. The second kappa shape index (κ2) is 8.54. The van der Waals surface area contributed by atoms with Crippen molar-refractivity contribution in [2.24, 2.45) is 10.8 Å². The SMILES string of the molecule is NC(=O)COc1ccc(/C=N/NC(=O)Nc2cccc(Cl)c2)cc1. The van der Waals surface area contributed by atoms with Gasteiger partial charge in [-0.05, 0) is 48.0 Å². The molecule has 2 rings (SSSR count). The molecule has 24 heavy (non-hydrogen) atoms. The summed E-state index contributed by atoms with van der Waals surface area (Å²) in [5.41, 5.74) is 8.63. The first kappa shape index (κ1) is 17.3. The number of nitrogens with zero attached hydrogens (tertiary/aromatic N) is 1. The number of halogens is 1. The maximum atomic E-state index is 11.7. The maximum absolute atomic E-state index is 11.7. The lowest BCUT2D eigenvalue weighted by atomic mass is 10.2. The standard InChI is InChI=1S/C16H15ClN4O3/c17-12-2-1-3-13(8-12)20-16(23)21-19-9-11-4-6-14(7-5-11)24-10-15(18)22/h1-9H,10H2,(H2,18,22)(H2,20,21,23)/b19-9+. The van der Waals surface area contributed by atoms with Crippen molar-refractivity contribution in [2.45, 2.75) is 0 Å². The number of primary amides is 1. The lowest BCUT2D eigenvalue weighted by Crippen LogP contribution is -2.24. The van der Waals surface area contributed by atoms with E-state index in [1.165, 1.54) is 6.21 Å². The van der Waals surface area contributed by atoms with Crippen LogP contribution in [0.1, 0.15) is 5.56 Å². The first-order valence-electron chi connectivity index (χ1n) is 6.90. The molecule has 0 aliphatic rings. The van der Waals surface area contributed by atoms with Gasteiger partial charge < -0.3 is 15.8 Å². The van der Waals surface area contributed by atoms with Gasteiger partial charge in [0.2, 0.25) is 0 Å². The normalized spacial score (nSPS) is 10.4. The molecule has 8 heteroatoms. The number of urea groups is 1. The Morgan fingerprint density at radius 2 is 1.96 bits per heavy atom. The van der Waals surface area contributed by atoms with Crippen molar-refractivity contribution < 1.29 is 14.3 Å². The quantitative estimate of drug-likeness (QED) is 0.552. The van der Waals surface area contributed by atoms with E-state index in [1.807, 2.05) is 0 Å². The van der Waals surface area contributed by atoms with Crippen molar-refractivity contribution in [1.82, 2.24) is 5.43 Å². The summed E-state index contributed by atoms with van der Waals surface area (Å²) in [7, 11) is 0. The maximum Gasteiger partial charge on any atom is 0.339 e. The van der Waals surface area contributed by atoms with E-state index in [1.54, 1.807) is 48.5 Å². The van der Waals surface area contributed by atoms with E-state index in [0.717, 1.165) is 5.56 Å². The zero-order chi connectivity index (χ0) is 17.4. The predicted molar refractivity (Wildman–Crippen MR) is 92.3 cm³/mol. The highest BCUT2D eigenvalue weighted by Crippen LogP contribution is 2.14. The van der Waals surface area contributed by atoms with E-state index >= 15 is 0 Å². The highest BCUT2D eigenvalue weighted by Gasteiger charge is 2.00. The van der Waals surface area contributed by atoms with Gasteiger partial charge in [-0.2, -0.15) is 5.10 Å². The molecule has 0 aliphatic carbocycles. The van der Waals surface area contributed by atoms with Gasteiger partial charge in [-0.1, -0.05) is 17.7 Å². The molecule has 0 bridgehead atoms.